The largest absolute Gasteiger partial charge is 0.497 e. The molecule has 1 rings (SSSR count). The molecule has 1 unspecified atom stereocenters. The number of hydrogen-bond donors (Lipinski definition) is 3. The zero-order chi connectivity index (χ0) is 13.5. The number of hydrogen-bond acceptors (Lipinski definition) is 5. The zero-order valence-corrected chi connectivity index (χ0v) is 10.3. The van der Waals surface area contributed by atoms with E-state index in [2.05, 4.69) is 5.32 Å². The van der Waals surface area contributed by atoms with Crippen molar-refractivity contribution in [3.05, 3.63) is 23.8 Å². The van der Waals surface area contributed by atoms with Gasteiger partial charge in [0, 0.05) is 12.1 Å². The molecule has 1 aromatic carbocycles. The first-order valence-electron chi connectivity index (χ1n) is 5.41. The molecule has 100 valence electrons. The van der Waals surface area contributed by atoms with Crippen LogP contribution in [0.3, 0.4) is 0 Å². The fourth-order valence-electron chi connectivity index (χ4n) is 1.53. The third-order valence-corrected chi connectivity index (χ3v) is 2.41. The number of rotatable bonds is 7. The number of carboxylic acids is 1. The molecular weight excluding hydrogens is 238 g/mol. The highest BCUT2D eigenvalue weighted by Gasteiger charge is 2.14. The van der Waals surface area contributed by atoms with Gasteiger partial charge in [-0.3, -0.25) is 4.79 Å². The van der Waals surface area contributed by atoms with E-state index in [1.807, 2.05) is 0 Å². The van der Waals surface area contributed by atoms with Crippen molar-refractivity contribution in [3.8, 4) is 11.5 Å². The molecule has 0 bridgehead atoms. The lowest BCUT2D eigenvalue weighted by atomic mass is 10.1. The minimum atomic E-state index is -0.972. The van der Waals surface area contributed by atoms with E-state index in [9.17, 15) is 9.90 Å². The molecule has 0 saturated heterocycles. The fourth-order valence-corrected chi connectivity index (χ4v) is 1.53. The quantitative estimate of drug-likeness (QED) is 0.654. The Balaban J connectivity index is 2.75. The number of ether oxygens (including phenoxy) is 2. The lowest BCUT2D eigenvalue weighted by molar-refractivity contribution is -0.136. The molecule has 0 heterocycles. The van der Waals surface area contributed by atoms with Crippen molar-refractivity contribution in [2.45, 2.75) is 6.10 Å². The van der Waals surface area contributed by atoms with Crippen LogP contribution in [0.15, 0.2) is 18.2 Å². The first-order chi connectivity index (χ1) is 8.58. The van der Waals surface area contributed by atoms with Gasteiger partial charge < -0.3 is 25.0 Å². The van der Waals surface area contributed by atoms with E-state index in [1.54, 1.807) is 18.2 Å². The molecule has 6 heteroatoms. The maximum Gasteiger partial charge on any atom is 0.317 e. The first-order valence-corrected chi connectivity index (χ1v) is 5.41. The fraction of sp³-hybridized carbons (Fsp3) is 0.417. The highest BCUT2D eigenvalue weighted by Crippen LogP contribution is 2.28. The minimum absolute atomic E-state index is 0.121. The molecule has 1 aromatic rings. The van der Waals surface area contributed by atoms with Gasteiger partial charge in [-0.05, 0) is 18.2 Å². The maximum atomic E-state index is 10.4. The molecule has 0 aromatic heterocycles. The summed E-state index contributed by atoms with van der Waals surface area (Å²) >= 11 is 0. The summed E-state index contributed by atoms with van der Waals surface area (Å²) < 4.78 is 10.2. The number of benzene rings is 1. The summed E-state index contributed by atoms with van der Waals surface area (Å²) in [6.07, 6.45) is -0.866. The van der Waals surface area contributed by atoms with Gasteiger partial charge in [0.25, 0.3) is 0 Å². The number of carbonyl (C=O) groups is 1. The lowest BCUT2D eigenvalue weighted by Crippen LogP contribution is -2.27. The van der Waals surface area contributed by atoms with Crippen LogP contribution in [0.4, 0.5) is 0 Å². The van der Waals surface area contributed by atoms with Crippen LogP contribution in [0.5, 0.6) is 11.5 Å². The van der Waals surface area contributed by atoms with Crippen molar-refractivity contribution in [2.24, 2.45) is 0 Å². The third-order valence-electron chi connectivity index (χ3n) is 2.41. The average molecular weight is 255 g/mol. The van der Waals surface area contributed by atoms with Gasteiger partial charge in [0.05, 0.1) is 26.9 Å². The monoisotopic (exact) mass is 255 g/mol. The second kappa shape index (κ2) is 6.83. The van der Waals surface area contributed by atoms with Crippen LogP contribution in [-0.2, 0) is 4.79 Å². The van der Waals surface area contributed by atoms with E-state index in [0.29, 0.717) is 17.1 Å². The van der Waals surface area contributed by atoms with Crippen molar-refractivity contribution in [3.63, 3.8) is 0 Å². The molecule has 3 N–H and O–H groups in total. The number of methoxy groups -OCH3 is 2. The Morgan fingerprint density at radius 3 is 2.67 bits per heavy atom. The summed E-state index contributed by atoms with van der Waals surface area (Å²) in [7, 11) is 3.03. The summed E-state index contributed by atoms with van der Waals surface area (Å²) in [6.45, 7) is -0.0842. The van der Waals surface area contributed by atoms with Crippen LogP contribution >= 0.6 is 0 Å². The molecule has 0 radical (unpaired) electrons. The van der Waals surface area contributed by atoms with Gasteiger partial charge in [-0.25, -0.2) is 0 Å². The molecule has 0 aliphatic heterocycles. The molecule has 0 fully saturated rings. The maximum absolute atomic E-state index is 10.4. The molecule has 0 aliphatic carbocycles. The number of nitrogens with one attached hydrogen (secondary N) is 1. The Bertz CT molecular complexity index is 407. The van der Waals surface area contributed by atoms with Crippen molar-refractivity contribution >= 4 is 5.97 Å². The average Bonchev–Trinajstić information content (AvgIpc) is 2.37. The molecule has 0 spiro atoms. The van der Waals surface area contributed by atoms with Crippen molar-refractivity contribution < 1.29 is 24.5 Å². The molecule has 6 nitrogen and oxygen atoms in total. The Morgan fingerprint density at radius 1 is 1.39 bits per heavy atom. The van der Waals surface area contributed by atoms with Crippen LogP contribution in [0, 0.1) is 0 Å². The number of aliphatic hydroxyl groups is 1. The summed E-state index contributed by atoms with van der Waals surface area (Å²) in [5.41, 5.74) is 0.551. The van der Waals surface area contributed by atoms with E-state index in [1.165, 1.54) is 14.2 Å². The Hall–Kier alpha value is -1.79. The summed E-state index contributed by atoms with van der Waals surface area (Å²) in [4.78, 5) is 10.4. The van der Waals surface area contributed by atoms with Crippen LogP contribution in [0.1, 0.15) is 11.7 Å². The SMILES string of the molecule is COc1ccc(OC)c(C(O)CNCC(=O)O)c1. The summed E-state index contributed by atoms with van der Waals surface area (Å²) in [6, 6.07) is 5.07. The van der Waals surface area contributed by atoms with E-state index in [0.717, 1.165) is 0 Å². The van der Waals surface area contributed by atoms with Crippen molar-refractivity contribution in [2.75, 3.05) is 27.3 Å². The van der Waals surface area contributed by atoms with Gasteiger partial charge in [-0.1, -0.05) is 0 Å². The summed E-state index contributed by atoms with van der Waals surface area (Å²) in [5.74, 6) is 0.156. The molecule has 0 amide bonds. The topological polar surface area (TPSA) is 88.0 Å². The lowest BCUT2D eigenvalue weighted by Gasteiger charge is -2.16. The van der Waals surface area contributed by atoms with E-state index in [4.69, 9.17) is 14.6 Å². The van der Waals surface area contributed by atoms with Gasteiger partial charge >= 0.3 is 5.97 Å². The number of aliphatic hydroxyl groups excluding tert-OH is 1. The van der Waals surface area contributed by atoms with Crippen molar-refractivity contribution in [1.29, 1.82) is 0 Å². The van der Waals surface area contributed by atoms with Gasteiger partial charge in [0.15, 0.2) is 0 Å². The Kier molecular flexibility index (Phi) is 5.41. The standard InChI is InChI=1S/C12H17NO5/c1-17-8-3-4-11(18-2)9(5-8)10(14)6-13-7-12(15)16/h3-5,10,13-14H,6-7H2,1-2H3,(H,15,16). The first kappa shape index (κ1) is 14.3. The predicted molar refractivity (Wildman–Crippen MR) is 65.0 cm³/mol. The number of aliphatic carboxylic acids is 1. The van der Waals surface area contributed by atoms with E-state index >= 15 is 0 Å². The van der Waals surface area contributed by atoms with Crippen molar-refractivity contribution in [1.82, 2.24) is 5.32 Å². The van der Waals surface area contributed by atoms with Gasteiger partial charge in [-0.2, -0.15) is 0 Å². The normalized spacial score (nSPS) is 11.9. The van der Waals surface area contributed by atoms with Gasteiger partial charge in [-0.15, -0.1) is 0 Å². The van der Waals surface area contributed by atoms with Gasteiger partial charge in [0.2, 0.25) is 0 Å². The van der Waals surface area contributed by atoms with Crippen LogP contribution in [-0.4, -0.2) is 43.5 Å². The van der Waals surface area contributed by atoms with Crippen LogP contribution in [0.25, 0.3) is 0 Å². The minimum Gasteiger partial charge on any atom is -0.497 e. The van der Waals surface area contributed by atoms with Gasteiger partial charge in [0.1, 0.15) is 11.5 Å². The molecule has 1 atom stereocenters. The zero-order valence-electron chi connectivity index (χ0n) is 10.3. The smallest absolute Gasteiger partial charge is 0.317 e. The molecule has 18 heavy (non-hydrogen) atoms. The molecule has 0 aliphatic rings. The van der Waals surface area contributed by atoms with Crippen LogP contribution < -0.4 is 14.8 Å². The summed E-state index contributed by atoms with van der Waals surface area (Å²) in [5, 5.41) is 21.1. The Morgan fingerprint density at radius 2 is 2.11 bits per heavy atom. The molecule has 0 saturated carbocycles. The second-order valence-corrected chi connectivity index (χ2v) is 3.65. The molecular formula is C12H17NO5. The highest BCUT2D eigenvalue weighted by atomic mass is 16.5. The van der Waals surface area contributed by atoms with Crippen LogP contribution in [0.2, 0.25) is 0 Å². The highest BCUT2D eigenvalue weighted by molar-refractivity contribution is 5.69. The van der Waals surface area contributed by atoms with E-state index < -0.39 is 12.1 Å². The number of carboxylic acid groups (broad SMARTS) is 1. The Labute approximate surface area is 105 Å². The predicted octanol–water partition coefficient (Wildman–Crippen LogP) is 0.411. The third kappa shape index (κ3) is 3.90. The second-order valence-electron chi connectivity index (χ2n) is 3.65. The van der Waals surface area contributed by atoms with E-state index in [-0.39, 0.29) is 13.1 Å².